The van der Waals surface area contributed by atoms with Gasteiger partial charge in [0.05, 0.1) is 37.7 Å². The Bertz CT molecular complexity index is 737. The molecule has 0 aromatic rings. The second kappa shape index (κ2) is 26.8. The van der Waals surface area contributed by atoms with Crippen LogP contribution in [0.2, 0.25) is 0 Å². The van der Waals surface area contributed by atoms with E-state index in [1.165, 1.54) is 0 Å². The van der Waals surface area contributed by atoms with Gasteiger partial charge in [-0.2, -0.15) is 0 Å². The van der Waals surface area contributed by atoms with Gasteiger partial charge in [0.15, 0.2) is 0 Å². The van der Waals surface area contributed by atoms with Gasteiger partial charge in [0.2, 0.25) is 0 Å². The number of unbranched alkanes of at least 4 members (excludes halogenated alkanes) is 3. The predicted octanol–water partition coefficient (Wildman–Crippen LogP) is -3.36. The smallest absolute Gasteiger partial charge is 0.549 e. The molecular formula is C27H46ClGdN4O9. The Morgan fingerprint density at radius 3 is 1.26 bits per heavy atom. The second-order valence-electron chi connectivity index (χ2n) is 10.2. The number of halogens is 1. The van der Waals surface area contributed by atoms with Gasteiger partial charge in [-0.05, 0) is 19.3 Å². The van der Waals surface area contributed by atoms with Crippen molar-refractivity contribution in [1.29, 1.82) is 0 Å². The summed E-state index contributed by atoms with van der Waals surface area (Å²) in [7, 11) is 0. The van der Waals surface area contributed by atoms with E-state index in [-0.39, 0.29) is 98.1 Å². The van der Waals surface area contributed by atoms with E-state index in [4.69, 9.17) is 21.1 Å². The molecule has 1 aliphatic rings. The Labute approximate surface area is 286 Å². The van der Waals surface area contributed by atoms with Gasteiger partial charge in [-0.15, -0.1) is 11.6 Å². The Kier molecular flexibility index (Phi) is 26.5. The van der Waals surface area contributed by atoms with Crippen LogP contribution in [0.15, 0.2) is 0 Å². The van der Waals surface area contributed by atoms with Crippen LogP contribution in [0, 0.1) is 39.9 Å². The molecule has 0 bridgehead atoms. The van der Waals surface area contributed by atoms with E-state index in [1.54, 1.807) is 14.7 Å². The Morgan fingerprint density at radius 1 is 0.524 bits per heavy atom. The van der Waals surface area contributed by atoms with Crippen molar-refractivity contribution in [3.05, 3.63) is 0 Å². The van der Waals surface area contributed by atoms with Crippen molar-refractivity contribution in [2.45, 2.75) is 38.5 Å². The molecule has 42 heavy (non-hydrogen) atoms. The van der Waals surface area contributed by atoms with Gasteiger partial charge in [0.1, 0.15) is 5.78 Å². The van der Waals surface area contributed by atoms with Crippen molar-refractivity contribution < 1.29 is 83.9 Å². The molecule has 0 aromatic carbocycles. The van der Waals surface area contributed by atoms with Crippen LogP contribution in [0.25, 0.3) is 0 Å². The monoisotopic (exact) mass is 763 g/mol. The number of carbonyl (C=O) groups excluding carboxylic acids is 4. The number of nitrogens with zero attached hydrogens (tertiary/aromatic N) is 4. The second-order valence-corrected chi connectivity index (χ2v) is 10.6. The first-order chi connectivity index (χ1) is 19.7. The zero-order valence-electron chi connectivity index (χ0n) is 24.5. The summed E-state index contributed by atoms with van der Waals surface area (Å²) in [6.07, 6.45) is 5.11. The SMILES string of the molecule is O=C([O-])CN1CCN(CC(=O)[O-])CCN(CC(=O)CCCOCCOCCCCCCCl)CCN(CC(=O)[O-])CC1.[Gd+3]. The van der Waals surface area contributed by atoms with Gasteiger partial charge < -0.3 is 39.2 Å². The van der Waals surface area contributed by atoms with Crippen molar-refractivity contribution in [1.82, 2.24) is 19.6 Å². The van der Waals surface area contributed by atoms with Crippen LogP contribution in [-0.2, 0) is 28.7 Å². The Balaban J connectivity index is 0.0000168. The van der Waals surface area contributed by atoms with Gasteiger partial charge in [-0.3, -0.25) is 24.4 Å². The van der Waals surface area contributed by atoms with Crippen molar-refractivity contribution >= 4 is 35.3 Å². The maximum absolute atomic E-state index is 12.7. The van der Waals surface area contributed by atoms with Gasteiger partial charge in [0, 0.05) is 97.5 Å². The number of carboxylic acids is 3. The molecule has 0 aliphatic carbocycles. The third kappa shape index (κ3) is 23.9. The zero-order chi connectivity index (χ0) is 30.3. The number of aliphatic carboxylic acids is 3. The fourth-order valence-corrected chi connectivity index (χ4v) is 4.62. The topological polar surface area (TPSA) is 169 Å². The Hall–Kier alpha value is -0.545. The molecule has 0 atom stereocenters. The van der Waals surface area contributed by atoms with E-state index < -0.39 is 17.9 Å². The molecule has 1 aliphatic heterocycles. The molecular weight excluding hydrogens is 717 g/mol. The molecule has 1 fully saturated rings. The molecule has 0 unspecified atom stereocenters. The fourth-order valence-electron chi connectivity index (χ4n) is 4.43. The molecule has 0 aromatic heterocycles. The van der Waals surface area contributed by atoms with E-state index in [0.29, 0.717) is 71.3 Å². The first-order valence-electron chi connectivity index (χ1n) is 14.4. The molecule has 0 amide bonds. The van der Waals surface area contributed by atoms with Crippen molar-refractivity contribution in [3.63, 3.8) is 0 Å². The van der Waals surface area contributed by atoms with Crippen molar-refractivity contribution in [3.8, 4) is 0 Å². The normalized spacial score (nSPS) is 16.7. The van der Waals surface area contributed by atoms with Crippen LogP contribution in [0.5, 0.6) is 0 Å². The largest absolute Gasteiger partial charge is 3.00 e. The number of Topliss-reactive ketones (excluding diaryl/α,β-unsaturated/α-hetero) is 1. The van der Waals surface area contributed by atoms with Gasteiger partial charge in [0.25, 0.3) is 0 Å². The molecule has 1 radical (unpaired) electrons. The van der Waals surface area contributed by atoms with Gasteiger partial charge in [-0.25, -0.2) is 0 Å². The van der Waals surface area contributed by atoms with E-state index in [0.717, 1.165) is 25.7 Å². The van der Waals surface area contributed by atoms with Crippen LogP contribution < -0.4 is 15.3 Å². The van der Waals surface area contributed by atoms with Gasteiger partial charge >= 0.3 is 39.9 Å². The number of carboxylic acid groups (broad SMARTS) is 3. The van der Waals surface area contributed by atoms with Crippen LogP contribution in [0.4, 0.5) is 0 Å². The Morgan fingerprint density at radius 2 is 0.881 bits per heavy atom. The number of alkyl halides is 1. The van der Waals surface area contributed by atoms with E-state index >= 15 is 0 Å². The average molecular weight is 763 g/mol. The number of ether oxygens (including phenoxy) is 2. The first-order valence-corrected chi connectivity index (χ1v) is 14.9. The first kappa shape index (κ1) is 41.5. The summed E-state index contributed by atoms with van der Waals surface area (Å²) < 4.78 is 11.1. The van der Waals surface area contributed by atoms with Crippen LogP contribution in [-0.4, -0.2) is 154 Å². The summed E-state index contributed by atoms with van der Waals surface area (Å²) in [5.41, 5.74) is 0. The van der Waals surface area contributed by atoms with Gasteiger partial charge in [-0.1, -0.05) is 12.8 Å². The average Bonchev–Trinajstić information content (AvgIpc) is 2.90. The summed E-state index contributed by atoms with van der Waals surface area (Å²) in [5.74, 6) is -3.08. The van der Waals surface area contributed by atoms with Crippen molar-refractivity contribution in [2.75, 3.05) is 111 Å². The fraction of sp³-hybridized carbons (Fsp3) is 0.852. The molecule has 1 rings (SSSR count). The minimum Gasteiger partial charge on any atom is -0.549 e. The molecule has 0 spiro atoms. The molecule has 0 saturated carbocycles. The third-order valence-corrected chi connectivity index (χ3v) is 6.94. The van der Waals surface area contributed by atoms with Crippen molar-refractivity contribution in [2.24, 2.45) is 0 Å². The molecule has 243 valence electrons. The van der Waals surface area contributed by atoms with E-state index in [9.17, 15) is 34.5 Å². The standard InChI is InChI=1S/C27H49ClN4O9.Gd/c28-7-3-1-2-4-16-40-18-19-41-17-5-6-24(33)20-29-8-10-30(21-25(34)35)12-14-32(23-27(38)39)15-13-31(11-9-29)22-26(36)37;/h1-23H2,(H,34,35)(H,36,37)(H,38,39);/q;+3/p-3. The summed E-state index contributed by atoms with van der Waals surface area (Å²) >= 11 is 5.65. The number of hydrogen-bond acceptors (Lipinski definition) is 13. The van der Waals surface area contributed by atoms with Crippen LogP contribution >= 0.6 is 11.6 Å². The predicted molar refractivity (Wildman–Crippen MR) is 146 cm³/mol. The van der Waals surface area contributed by atoms with Crippen LogP contribution in [0.3, 0.4) is 0 Å². The van der Waals surface area contributed by atoms with E-state index in [2.05, 4.69) is 0 Å². The molecule has 0 N–H and O–H groups in total. The molecule has 13 nitrogen and oxygen atoms in total. The van der Waals surface area contributed by atoms with E-state index in [1.807, 2.05) is 4.90 Å². The minimum absolute atomic E-state index is 0. The molecule has 1 heterocycles. The number of hydrogen-bond donors (Lipinski definition) is 0. The maximum atomic E-state index is 12.7. The quantitative estimate of drug-likeness (QED) is 0.0841. The van der Waals surface area contributed by atoms with Crippen LogP contribution in [0.1, 0.15) is 38.5 Å². The molecule has 1 saturated heterocycles. The summed E-state index contributed by atoms with van der Waals surface area (Å²) in [6.45, 7) is 3.63. The summed E-state index contributed by atoms with van der Waals surface area (Å²) in [4.78, 5) is 53.2. The third-order valence-electron chi connectivity index (χ3n) is 6.68. The minimum atomic E-state index is -1.28. The maximum Gasteiger partial charge on any atom is 3.00 e. The molecule has 15 heteroatoms. The summed E-state index contributed by atoms with van der Waals surface area (Å²) in [5, 5.41) is 33.7. The number of rotatable bonds is 21. The number of ketones is 1. The summed E-state index contributed by atoms with van der Waals surface area (Å²) in [6, 6.07) is 0. The number of carbonyl (C=O) groups is 4. The zero-order valence-corrected chi connectivity index (χ0v) is 27.5.